The maximum Gasteiger partial charge on any atom is 0.303 e. The van der Waals surface area contributed by atoms with Crippen LogP contribution in [0.2, 0.25) is 18.1 Å². The van der Waals surface area contributed by atoms with Crippen LogP contribution in [0.15, 0.2) is 0 Å². The second-order valence-corrected chi connectivity index (χ2v) is 17.2. The maximum absolute atomic E-state index is 12.2. The van der Waals surface area contributed by atoms with Crippen molar-refractivity contribution in [2.45, 2.75) is 135 Å². The molecule has 2 heterocycles. The molecule has 17 heteroatoms. The molecule has 0 spiro atoms. The minimum Gasteiger partial charge on any atom is -0.463 e. The van der Waals surface area contributed by atoms with Crippen molar-refractivity contribution in [1.29, 1.82) is 0 Å². The Labute approximate surface area is 263 Å². The fourth-order valence-electron chi connectivity index (χ4n) is 4.49. The smallest absolute Gasteiger partial charge is 0.303 e. The Morgan fingerprint density at radius 2 is 1.11 bits per heavy atom. The van der Waals surface area contributed by atoms with Crippen molar-refractivity contribution in [2.75, 3.05) is 13.2 Å². The van der Waals surface area contributed by atoms with Gasteiger partial charge in [-0.25, -0.2) is 0 Å². The van der Waals surface area contributed by atoms with Crippen molar-refractivity contribution in [3.63, 3.8) is 0 Å². The quantitative estimate of drug-likeness (QED) is 0.175. The van der Waals surface area contributed by atoms with E-state index >= 15 is 0 Å². The standard InChI is InChI=1S/C28H46O16Si/c1-13(29)36-11-18-22(24(40-16(4)32)25(26(35)42-18)41-17(5)33)44-27-23(39-15(3)31)20(34)21(38-14(2)30)19(43-27)12-37-45(9,10)28(6,7)8/h18-27,34-35H,11-12H2,1-10H3/t18-,19-,20+,21+,22-,23-,24+,25+,26+,27+/m1/s1. The fourth-order valence-corrected chi connectivity index (χ4v) is 5.50. The predicted octanol–water partition coefficient (Wildman–Crippen LogP) is 0.486. The minimum absolute atomic E-state index is 0.168. The monoisotopic (exact) mass is 666 g/mol. The van der Waals surface area contributed by atoms with Crippen LogP contribution in [0, 0.1) is 0 Å². The molecular weight excluding hydrogens is 620 g/mol. The normalized spacial score (nSPS) is 32.2. The van der Waals surface area contributed by atoms with Gasteiger partial charge in [0.2, 0.25) is 0 Å². The lowest BCUT2D eigenvalue weighted by molar-refractivity contribution is -0.356. The highest BCUT2D eigenvalue weighted by atomic mass is 28.4. The third-order valence-electron chi connectivity index (χ3n) is 7.59. The van der Waals surface area contributed by atoms with Gasteiger partial charge in [0.1, 0.15) is 31.0 Å². The van der Waals surface area contributed by atoms with Gasteiger partial charge in [-0.2, -0.15) is 0 Å². The van der Waals surface area contributed by atoms with Crippen LogP contribution in [0.3, 0.4) is 0 Å². The molecule has 2 aliphatic rings. The topological polar surface area (TPSA) is 209 Å². The average molecular weight is 667 g/mol. The van der Waals surface area contributed by atoms with E-state index in [0.29, 0.717) is 0 Å². The zero-order valence-corrected chi connectivity index (χ0v) is 28.3. The first-order valence-electron chi connectivity index (χ1n) is 14.4. The van der Waals surface area contributed by atoms with E-state index in [4.69, 9.17) is 42.3 Å². The molecule has 0 aromatic carbocycles. The van der Waals surface area contributed by atoms with Crippen LogP contribution in [0.1, 0.15) is 55.4 Å². The van der Waals surface area contributed by atoms with Crippen LogP contribution >= 0.6 is 0 Å². The molecule has 2 fully saturated rings. The highest BCUT2D eigenvalue weighted by molar-refractivity contribution is 6.74. The van der Waals surface area contributed by atoms with E-state index in [2.05, 4.69) is 0 Å². The first-order valence-corrected chi connectivity index (χ1v) is 17.3. The maximum atomic E-state index is 12.2. The minimum atomic E-state index is -2.41. The summed E-state index contributed by atoms with van der Waals surface area (Å²) in [5.74, 6) is -4.03. The molecule has 0 aliphatic carbocycles. The molecule has 0 saturated carbocycles. The molecule has 2 saturated heterocycles. The number of rotatable bonds is 11. The second kappa shape index (κ2) is 15.7. The van der Waals surface area contributed by atoms with E-state index in [1.165, 1.54) is 0 Å². The first-order chi connectivity index (χ1) is 20.6. The van der Waals surface area contributed by atoms with Gasteiger partial charge in [0.15, 0.2) is 45.3 Å². The van der Waals surface area contributed by atoms with Crippen LogP contribution in [-0.2, 0) is 66.3 Å². The summed E-state index contributed by atoms with van der Waals surface area (Å²) in [6.07, 6.45) is -15.4. The van der Waals surface area contributed by atoms with E-state index in [1.54, 1.807) is 0 Å². The molecule has 0 bridgehead atoms. The predicted molar refractivity (Wildman–Crippen MR) is 152 cm³/mol. The van der Waals surface area contributed by atoms with E-state index in [1.807, 2.05) is 33.9 Å². The number of esters is 5. The lowest BCUT2D eigenvalue weighted by Crippen LogP contribution is -2.66. The van der Waals surface area contributed by atoms with Crippen LogP contribution in [-0.4, -0.2) is 123 Å². The number of hydrogen-bond acceptors (Lipinski definition) is 16. The summed E-state index contributed by atoms with van der Waals surface area (Å²) in [6, 6.07) is 0. The third kappa shape index (κ3) is 10.7. The summed E-state index contributed by atoms with van der Waals surface area (Å²) in [6.45, 7) is 14.7. The number of carbonyl (C=O) groups is 5. The molecule has 2 N–H and O–H groups in total. The molecule has 258 valence electrons. The molecule has 0 radical (unpaired) electrons. The summed E-state index contributed by atoms with van der Waals surface area (Å²) in [4.78, 5) is 59.8. The zero-order valence-electron chi connectivity index (χ0n) is 27.3. The van der Waals surface area contributed by atoms with Gasteiger partial charge >= 0.3 is 29.8 Å². The Morgan fingerprint density at radius 3 is 1.60 bits per heavy atom. The highest BCUT2D eigenvalue weighted by Crippen LogP contribution is 2.38. The SMILES string of the molecule is CC(=O)OC[C@H]1O[C@H](O)[C@@H](OC(C)=O)[C@@H](OC(C)=O)[C@@H]1O[C@@H]1O[C@H](CO[Si](C)(C)C(C)(C)C)[C@H](OC(C)=O)[C@H](O)[C@H]1OC(C)=O. The summed E-state index contributed by atoms with van der Waals surface area (Å²) < 4.78 is 50.6. The van der Waals surface area contributed by atoms with Gasteiger partial charge in [0.25, 0.3) is 0 Å². The molecule has 16 nitrogen and oxygen atoms in total. The van der Waals surface area contributed by atoms with Crippen molar-refractivity contribution in [2.24, 2.45) is 0 Å². The molecule has 0 aromatic heterocycles. The molecular formula is C28H46O16Si. The second-order valence-electron chi connectivity index (χ2n) is 12.4. The van der Waals surface area contributed by atoms with Gasteiger partial charge in [-0.05, 0) is 18.1 Å². The lowest BCUT2D eigenvalue weighted by Gasteiger charge is -2.48. The van der Waals surface area contributed by atoms with Crippen LogP contribution < -0.4 is 0 Å². The number of aliphatic hydroxyl groups is 2. The Bertz CT molecular complexity index is 1070. The molecule has 45 heavy (non-hydrogen) atoms. The number of hydrogen-bond donors (Lipinski definition) is 2. The Hall–Kier alpha value is -2.67. The van der Waals surface area contributed by atoms with Gasteiger partial charge < -0.3 is 52.5 Å². The molecule has 0 aromatic rings. The summed E-state index contributed by atoms with van der Waals surface area (Å²) >= 11 is 0. The van der Waals surface area contributed by atoms with Crippen molar-refractivity contribution >= 4 is 38.2 Å². The average Bonchev–Trinajstić information content (AvgIpc) is 2.87. The fraction of sp³-hybridized carbons (Fsp3) is 0.821. The van der Waals surface area contributed by atoms with Crippen LogP contribution in [0.5, 0.6) is 0 Å². The Kier molecular flexibility index (Phi) is 13.5. The molecule has 0 unspecified atom stereocenters. The van der Waals surface area contributed by atoms with Gasteiger partial charge in [-0.15, -0.1) is 0 Å². The van der Waals surface area contributed by atoms with Crippen LogP contribution in [0.4, 0.5) is 0 Å². The van der Waals surface area contributed by atoms with Crippen molar-refractivity contribution < 1.29 is 76.5 Å². The van der Waals surface area contributed by atoms with Crippen LogP contribution in [0.25, 0.3) is 0 Å². The lowest BCUT2D eigenvalue weighted by atomic mass is 9.96. The molecule has 2 aliphatic heterocycles. The van der Waals surface area contributed by atoms with Crippen molar-refractivity contribution in [3.8, 4) is 0 Å². The first kappa shape index (κ1) is 38.5. The van der Waals surface area contributed by atoms with E-state index in [-0.39, 0.29) is 11.6 Å². The summed E-state index contributed by atoms with van der Waals surface area (Å²) in [5.41, 5.74) is 0. The van der Waals surface area contributed by atoms with E-state index in [0.717, 1.165) is 34.6 Å². The summed E-state index contributed by atoms with van der Waals surface area (Å²) in [5, 5.41) is 21.8. The van der Waals surface area contributed by atoms with E-state index in [9.17, 15) is 34.2 Å². The molecule has 10 atom stereocenters. The highest BCUT2D eigenvalue weighted by Gasteiger charge is 2.56. The van der Waals surface area contributed by atoms with Gasteiger partial charge in [-0.3, -0.25) is 24.0 Å². The largest absolute Gasteiger partial charge is 0.463 e. The van der Waals surface area contributed by atoms with Crippen molar-refractivity contribution in [3.05, 3.63) is 0 Å². The zero-order chi connectivity index (χ0) is 34.4. The summed E-state index contributed by atoms with van der Waals surface area (Å²) in [7, 11) is -2.41. The molecule has 2 rings (SSSR count). The number of aliphatic hydroxyl groups excluding tert-OH is 2. The number of ether oxygens (including phenoxy) is 8. The van der Waals surface area contributed by atoms with Crippen molar-refractivity contribution in [1.82, 2.24) is 0 Å². The Morgan fingerprint density at radius 1 is 0.644 bits per heavy atom. The van der Waals surface area contributed by atoms with Gasteiger partial charge in [0, 0.05) is 34.6 Å². The van der Waals surface area contributed by atoms with Gasteiger partial charge in [0.05, 0.1) is 6.61 Å². The van der Waals surface area contributed by atoms with E-state index < -0.39 is 106 Å². The number of carbonyl (C=O) groups excluding carboxylic acids is 5. The molecule has 0 amide bonds. The third-order valence-corrected chi connectivity index (χ3v) is 12.1. The van der Waals surface area contributed by atoms with Gasteiger partial charge in [-0.1, -0.05) is 20.8 Å². The Balaban J connectivity index is 2.58.